The number of para-hydroxylation sites is 1. The predicted octanol–water partition coefficient (Wildman–Crippen LogP) is 3.13. The number of aromatic amines is 1. The molecule has 0 aliphatic heterocycles. The minimum absolute atomic E-state index is 0.173. The number of rotatable bonds is 3. The molecule has 0 bridgehead atoms. The van der Waals surface area contributed by atoms with Crippen molar-refractivity contribution in [1.82, 2.24) is 10.2 Å². The molecule has 1 aromatic heterocycles. The lowest BCUT2D eigenvalue weighted by atomic mass is 10.2. The third-order valence-corrected chi connectivity index (χ3v) is 5.18. The molecule has 2 N–H and O–H groups in total. The summed E-state index contributed by atoms with van der Waals surface area (Å²) in [6.45, 7) is 0. The Morgan fingerprint density at radius 2 is 1.75 bits per heavy atom. The number of nitrogens with one attached hydrogen (secondary N) is 2. The van der Waals surface area contributed by atoms with Crippen LogP contribution in [0.5, 0.6) is 0 Å². The molecule has 5 nitrogen and oxygen atoms in total. The molecule has 0 amide bonds. The number of sulfonamides is 1. The zero-order chi connectivity index (χ0) is 14.2. The molecule has 0 atom stereocenters. The minimum Gasteiger partial charge on any atom is -0.276 e. The Balaban J connectivity index is 2.04. The second-order valence-electron chi connectivity index (χ2n) is 4.15. The van der Waals surface area contributed by atoms with E-state index in [1.165, 1.54) is 6.07 Å². The van der Waals surface area contributed by atoms with Crippen LogP contribution in [-0.4, -0.2) is 18.6 Å². The maximum Gasteiger partial charge on any atom is 0.264 e. The maximum atomic E-state index is 12.4. The Hall–Kier alpha value is -1.86. The molecule has 1 heterocycles. The topological polar surface area (TPSA) is 74.8 Å². The van der Waals surface area contributed by atoms with Crippen LogP contribution in [-0.2, 0) is 10.0 Å². The van der Waals surface area contributed by atoms with Crippen LogP contribution < -0.4 is 4.72 Å². The van der Waals surface area contributed by atoms with E-state index in [9.17, 15) is 8.42 Å². The highest BCUT2D eigenvalue weighted by Crippen LogP contribution is 2.26. The number of aromatic nitrogens is 2. The third-order valence-electron chi connectivity index (χ3n) is 2.83. The fourth-order valence-corrected chi connectivity index (χ4v) is 3.91. The van der Waals surface area contributed by atoms with Gasteiger partial charge in [-0.3, -0.25) is 9.82 Å². The first kappa shape index (κ1) is 13.1. The van der Waals surface area contributed by atoms with Crippen LogP contribution in [0.15, 0.2) is 57.9 Å². The third kappa shape index (κ3) is 2.30. The molecule has 0 saturated heterocycles. The fraction of sp³-hybridized carbons (Fsp3) is 0. The van der Waals surface area contributed by atoms with E-state index in [-0.39, 0.29) is 10.7 Å². The van der Waals surface area contributed by atoms with E-state index in [4.69, 9.17) is 0 Å². The van der Waals surface area contributed by atoms with Crippen molar-refractivity contribution >= 4 is 42.7 Å². The molecule has 3 aromatic rings. The van der Waals surface area contributed by atoms with Gasteiger partial charge in [-0.2, -0.15) is 5.10 Å². The first-order chi connectivity index (χ1) is 9.58. The van der Waals surface area contributed by atoms with Gasteiger partial charge in [0.15, 0.2) is 5.82 Å². The molecule has 3 rings (SSSR count). The van der Waals surface area contributed by atoms with E-state index < -0.39 is 10.0 Å². The number of nitrogens with zero attached hydrogens (tertiary/aromatic N) is 1. The lowest BCUT2D eigenvalue weighted by Crippen LogP contribution is -2.14. The minimum atomic E-state index is -3.68. The Labute approximate surface area is 124 Å². The van der Waals surface area contributed by atoms with E-state index in [0.29, 0.717) is 4.47 Å². The average molecular weight is 352 g/mol. The Morgan fingerprint density at radius 1 is 1.05 bits per heavy atom. The summed E-state index contributed by atoms with van der Waals surface area (Å²) in [5.41, 5.74) is 0.775. The number of hydrogen-bond donors (Lipinski definition) is 2. The lowest BCUT2D eigenvalue weighted by molar-refractivity contribution is 0.600. The van der Waals surface area contributed by atoms with E-state index in [0.717, 1.165) is 10.9 Å². The Bertz CT molecular complexity index is 874. The summed E-state index contributed by atoms with van der Waals surface area (Å²) in [5.74, 6) is 0.288. The van der Waals surface area contributed by atoms with Crippen molar-refractivity contribution in [2.45, 2.75) is 4.90 Å². The number of hydrogen-bond acceptors (Lipinski definition) is 3. The van der Waals surface area contributed by atoms with Gasteiger partial charge in [-0.05, 0) is 40.2 Å². The van der Waals surface area contributed by atoms with Crippen molar-refractivity contribution in [2.24, 2.45) is 0 Å². The van der Waals surface area contributed by atoms with Gasteiger partial charge in [0.25, 0.3) is 10.0 Å². The molecular weight excluding hydrogens is 342 g/mol. The second-order valence-corrected chi connectivity index (χ2v) is 6.66. The van der Waals surface area contributed by atoms with Crippen LogP contribution in [0.4, 0.5) is 5.82 Å². The number of halogens is 1. The van der Waals surface area contributed by atoms with Crippen LogP contribution in [0.25, 0.3) is 10.9 Å². The largest absolute Gasteiger partial charge is 0.276 e. The fourth-order valence-electron chi connectivity index (χ4n) is 1.89. The first-order valence-corrected chi connectivity index (χ1v) is 8.06. The van der Waals surface area contributed by atoms with Crippen LogP contribution in [0.1, 0.15) is 0 Å². The van der Waals surface area contributed by atoms with Gasteiger partial charge in [0.05, 0.1) is 5.52 Å². The first-order valence-electron chi connectivity index (χ1n) is 5.78. The number of anilines is 1. The molecule has 0 saturated carbocycles. The monoisotopic (exact) mass is 351 g/mol. The van der Waals surface area contributed by atoms with Crippen molar-refractivity contribution in [2.75, 3.05) is 4.72 Å². The maximum absolute atomic E-state index is 12.4. The van der Waals surface area contributed by atoms with Crippen molar-refractivity contribution in [1.29, 1.82) is 0 Å². The summed E-state index contributed by atoms with van der Waals surface area (Å²) in [6.07, 6.45) is 0. The molecule has 0 aliphatic rings. The zero-order valence-electron chi connectivity index (χ0n) is 10.2. The summed E-state index contributed by atoms with van der Waals surface area (Å²) in [6, 6.07) is 13.9. The normalized spacial score (nSPS) is 11.7. The molecule has 20 heavy (non-hydrogen) atoms. The average Bonchev–Trinajstić information content (AvgIpc) is 2.82. The smallest absolute Gasteiger partial charge is 0.264 e. The van der Waals surface area contributed by atoms with Gasteiger partial charge in [-0.1, -0.05) is 24.3 Å². The molecule has 2 aromatic carbocycles. The van der Waals surface area contributed by atoms with Gasteiger partial charge in [-0.25, -0.2) is 8.42 Å². The van der Waals surface area contributed by atoms with E-state index in [2.05, 4.69) is 30.8 Å². The highest BCUT2D eigenvalue weighted by molar-refractivity contribution is 9.10. The van der Waals surface area contributed by atoms with E-state index in [1.54, 1.807) is 24.3 Å². The highest BCUT2D eigenvalue weighted by Gasteiger charge is 2.19. The van der Waals surface area contributed by atoms with Gasteiger partial charge >= 0.3 is 0 Å². The van der Waals surface area contributed by atoms with Crippen molar-refractivity contribution in [3.8, 4) is 0 Å². The Kier molecular flexibility index (Phi) is 3.23. The quantitative estimate of drug-likeness (QED) is 0.761. The van der Waals surface area contributed by atoms with Crippen molar-refractivity contribution < 1.29 is 8.42 Å². The predicted molar refractivity (Wildman–Crippen MR) is 81.0 cm³/mol. The lowest BCUT2D eigenvalue weighted by Gasteiger charge is -2.07. The van der Waals surface area contributed by atoms with E-state index >= 15 is 0 Å². The van der Waals surface area contributed by atoms with Gasteiger partial charge < -0.3 is 0 Å². The second kappa shape index (κ2) is 4.92. The SMILES string of the molecule is O=S(=O)(Nc1n[nH]c2ccccc12)c1ccccc1Br. The Morgan fingerprint density at radius 3 is 2.55 bits per heavy atom. The molecule has 0 spiro atoms. The van der Waals surface area contributed by atoms with Crippen LogP contribution in [0, 0.1) is 0 Å². The van der Waals surface area contributed by atoms with Crippen LogP contribution in [0.2, 0.25) is 0 Å². The van der Waals surface area contributed by atoms with Gasteiger partial charge in [0, 0.05) is 9.86 Å². The number of H-pyrrole nitrogens is 1. The van der Waals surface area contributed by atoms with E-state index in [1.807, 2.05) is 18.2 Å². The summed E-state index contributed by atoms with van der Waals surface area (Å²) in [5, 5.41) is 7.52. The molecular formula is C13H10BrN3O2S. The molecule has 0 aliphatic carbocycles. The molecule has 7 heteroatoms. The van der Waals surface area contributed by atoms with Gasteiger partial charge in [0.2, 0.25) is 0 Å². The summed E-state index contributed by atoms with van der Waals surface area (Å²) >= 11 is 3.24. The molecule has 0 radical (unpaired) electrons. The summed E-state index contributed by atoms with van der Waals surface area (Å²) in [7, 11) is -3.68. The molecule has 0 fully saturated rings. The summed E-state index contributed by atoms with van der Waals surface area (Å²) < 4.78 is 27.7. The van der Waals surface area contributed by atoms with Gasteiger partial charge in [0.1, 0.15) is 4.90 Å². The zero-order valence-corrected chi connectivity index (χ0v) is 12.6. The van der Waals surface area contributed by atoms with Crippen molar-refractivity contribution in [3.05, 3.63) is 53.0 Å². The highest BCUT2D eigenvalue weighted by atomic mass is 79.9. The molecule has 102 valence electrons. The number of benzene rings is 2. The number of fused-ring (bicyclic) bond motifs is 1. The van der Waals surface area contributed by atoms with Crippen molar-refractivity contribution in [3.63, 3.8) is 0 Å². The molecule has 0 unspecified atom stereocenters. The van der Waals surface area contributed by atoms with Gasteiger partial charge in [-0.15, -0.1) is 0 Å². The van der Waals surface area contributed by atoms with Crippen LogP contribution in [0.3, 0.4) is 0 Å². The summed E-state index contributed by atoms with van der Waals surface area (Å²) in [4.78, 5) is 0.173. The standard InChI is InChI=1S/C13H10BrN3O2S/c14-10-6-2-4-8-12(10)20(18,19)17-13-9-5-1-3-7-11(9)15-16-13/h1-8H,(H2,15,16,17). The van der Waals surface area contributed by atoms with Crippen LogP contribution >= 0.6 is 15.9 Å².